The zero-order valence-corrected chi connectivity index (χ0v) is 10.0. The van der Waals surface area contributed by atoms with Crippen LogP contribution in [0.15, 0.2) is 42.5 Å². The van der Waals surface area contributed by atoms with Gasteiger partial charge in [0.05, 0.1) is 5.02 Å². The number of carbonyl (C=O) groups is 1. The van der Waals surface area contributed by atoms with Gasteiger partial charge < -0.3 is 5.11 Å². The molecule has 0 bridgehead atoms. The topological polar surface area (TPSA) is 37.3 Å². The first kappa shape index (κ1) is 11.7. The third-order valence-electron chi connectivity index (χ3n) is 2.55. The molecule has 0 unspecified atom stereocenters. The molecule has 2 nitrogen and oxygen atoms in total. The van der Waals surface area contributed by atoms with Crippen LogP contribution in [0.25, 0.3) is 11.1 Å². The maximum absolute atomic E-state index is 11.4. The molecular weight excluding hydrogens is 236 g/mol. The number of hydrogen-bond acceptors (Lipinski definition) is 2. The van der Waals surface area contributed by atoms with E-state index in [1.54, 1.807) is 36.4 Å². The van der Waals surface area contributed by atoms with Gasteiger partial charge in [-0.3, -0.25) is 4.79 Å². The molecule has 2 rings (SSSR count). The Morgan fingerprint density at radius 1 is 1.06 bits per heavy atom. The fraction of sp³-hybridized carbons (Fsp3) is 0.0714. The largest absolute Gasteiger partial charge is 0.508 e. The first-order chi connectivity index (χ1) is 8.08. The van der Waals surface area contributed by atoms with E-state index in [2.05, 4.69) is 0 Å². The van der Waals surface area contributed by atoms with Crippen molar-refractivity contribution in [2.75, 3.05) is 0 Å². The highest BCUT2D eigenvalue weighted by molar-refractivity contribution is 6.34. The number of benzene rings is 2. The Morgan fingerprint density at radius 2 is 1.65 bits per heavy atom. The van der Waals surface area contributed by atoms with Crippen molar-refractivity contribution >= 4 is 17.4 Å². The summed E-state index contributed by atoms with van der Waals surface area (Å²) in [5, 5.41) is 9.67. The number of halogens is 1. The minimum Gasteiger partial charge on any atom is -0.508 e. The molecule has 2 aromatic carbocycles. The second-order valence-corrected chi connectivity index (χ2v) is 4.20. The Kier molecular flexibility index (Phi) is 3.16. The van der Waals surface area contributed by atoms with Crippen LogP contribution in [-0.4, -0.2) is 10.9 Å². The molecule has 0 amide bonds. The van der Waals surface area contributed by atoms with E-state index in [4.69, 9.17) is 11.6 Å². The van der Waals surface area contributed by atoms with Crippen LogP contribution in [0.4, 0.5) is 0 Å². The lowest BCUT2D eigenvalue weighted by molar-refractivity contribution is 0.101. The van der Waals surface area contributed by atoms with Crippen LogP contribution < -0.4 is 0 Å². The standard InChI is InChI=1S/C14H11ClO2/c1-9(16)13-8-11(4-7-14(13)15)10-2-5-12(17)6-3-10/h2-8,17H,1H3. The molecular formula is C14H11ClO2. The summed E-state index contributed by atoms with van der Waals surface area (Å²) in [7, 11) is 0. The van der Waals surface area contributed by atoms with Crippen molar-refractivity contribution < 1.29 is 9.90 Å². The van der Waals surface area contributed by atoms with Gasteiger partial charge in [-0.25, -0.2) is 0 Å². The first-order valence-electron chi connectivity index (χ1n) is 5.18. The summed E-state index contributed by atoms with van der Waals surface area (Å²) in [5.74, 6) is 0.158. The van der Waals surface area contributed by atoms with E-state index in [-0.39, 0.29) is 11.5 Å². The van der Waals surface area contributed by atoms with Crippen molar-refractivity contribution in [1.82, 2.24) is 0 Å². The zero-order chi connectivity index (χ0) is 12.4. The predicted octanol–water partition coefficient (Wildman–Crippen LogP) is 3.92. The van der Waals surface area contributed by atoms with Crippen LogP contribution in [0.2, 0.25) is 5.02 Å². The molecule has 0 saturated carbocycles. The second-order valence-electron chi connectivity index (χ2n) is 3.80. The number of phenolic OH excluding ortho intramolecular Hbond substituents is 1. The van der Waals surface area contributed by atoms with Gasteiger partial charge in [0.25, 0.3) is 0 Å². The maximum Gasteiger partial charge on any atom is 0.161 e. The molecule has 2 aromatic rings. The molecule has 17 heavy (non-hydrogen) atoms. The van der Waals surface area contributed by atoms with Crippen LogP contribution >= 0.6 is 11.6 Å². The molecule has 3 heteroatoms. The zero-order valence-electron chi connectivity index (χ0n) is 9.27. The lowest BCUT2D eigenvalue weighted by Gasteiger charge is -2.05. The number of aromatic hydroxyl groups is 1. The molecule has 0 heterocycles. The highest BCUT2D eigenvalue weighted by atomic mass is 35.5. The maximum atomic E-state index is 11.4. The number of phenols is 1. The normalized spacial score (nSPS) is 10.2. The monoisotopic (exact) mass is 246 g/mol. The van der Waals surface area contributed by atoms with E-state index < -0.39 is 0 Å². The van der Waals surface area contributed by atoms with E-state index in [0.717, 1.165) is 11.1 Å². The quantitative estimate of drug-likeness (QED) is 0.816. The average Bonchev–Trinajstić information content (AvgIpc) is 2.30. The van der Waals surface area contributed by atoms with E-state index in [1.165, 1.54) is 6.92 Å². The van der Waals surface area contributed by atoms with Crippen molar-refractivity contribution in [3.63, 3.8) is 0 Å². The summed E-state index contributed by atoms with van der Waals surface area (Å²) in [6, 6.07) is 12.1. The molecule has 0 aliphatic rings. The Labute approximate surface area is 104 Å². The SMILES string of the molecule is CC(=O)c1cc(-c2ccc(O)cc2)ccc1Cl. The third kappa shape index (κ3) is 2.48. The minimum atomic E-state index is -0.0596. The number of Topliss-reactive ketones (excluding diaryl/α,β-unsaturated/α-hetero) is 1. The molecule has 0 radical (unpaired) electrons. The minimum absolute atomic E-state index is 0.0596. The van der Waals surface area contributed by atoms with Crippen LogP contribution in [0.1, 0.15) is 17.3 Å². The molecule has 0 aliphatic heterocycles. The lowest BCUT2D eigenvalue weighted by atomic mass is 10.0. The number of ketones is 1. The predicted molar refractivity (Wildman–Crippen MR) is 68.6 cm³/mol. The Morgan fingerprint density at radius 3 is 2.24 bits per heavy atom. The van der Waals surface area contributed by atoms with Gasteiger partial charge in [-0.05, 0) is 42.3 Å². The fourth-order valence-corrected chi connectivity index (χ4v) is 1.88. The van der Waals surface area contributed by atoms with E-state index >= 15 is 0 Å². The molecule has 0 saturated heterocycles. The average molecular weight is 247 g/mol. The van der Waals surface area contributed by atoms with E-state index in [1.807, 2.05) is 6.07 Å². The van der Waals surface area contributed by atoms with Gasteiger partial charge in [-0.1, -0.05) is 29.8 Å². The number of carbonyl (C=O) groups excluding carboxylic acids is 1. The van der Waals surface area contributed by atoms with Gasteiger partial charge in [0, 0.05) is 5.56 Å². The van der Waals surface area contributed by atoms with Gasteiger partial charge in [0.1, 0.15) is 5.75 Å². The Hall–Kier alpha value is -1.80. The molecule has 0 spiro atoms. The molecule has 86 valence electrons. The molecule has 0 aromatic heterocycles. The first-order valence-corrected chi connectivity index (χ1v) is 5.55. The summed E-state index contributed by atoms with van der Waals surface area (Å²) in [6.07, 6.45) is 0. The Balaban J connectivity index is 2.50. The third-order valence-corrected chi connectivity index (χ3v) is 2.88. The van der Waals surface area contributed by atoms with Crippen LogP contribution in [0.3, 0.4) is 0 Å². The summed E-state index contributed by atoms with van der Waals surface area (Å²) in [6.45, 7) is 1.49. The van der Waals surface area contributed by atoms with Gasteiger partial charge in [-0.15, -0.1) is 0 Å². The summed E-state index contributed by atoms with van der Waals surface area (Å²) < 4.78 is 0. The smallest absolute Gasteiger partial charge is 0.161 e. The highest BCUT2D eigenvalue weighted by Gasteiger charge is 2.07. The number of hydrogen-bond donors (Lipinski definition) is 1. The van der Waals surface area contributed by atoms with Gasteiger partial charge in [-0.2, -0.15) is 0 Å². The fourth-order valence-electron chi connectivity index (χ4n) is 1.63. The molecule has 0 fully saturated rings. The van der Waals surface area contributed by atoms with Gasteiger partial charge in [0.15, 0.2) is 5.78 Å². The number of rotatable bonds is 2. The van der Waals surface area contributed by atoms with Gasteiger partial charge in [0.2, 0.25) is 0 Å². The molecule has 0 aliphatic carbocycles. The van der Waals surface area contributed by atoms with Crippen LogP contribution in [-0.2, 0) is 0 Å². The van der Waals surface area contributed by atoms with Crippen molar-refractivity contribution in [1.29, 1.82) is 0 Å². The summed E-state index contributed by atoms with van der Waals surface area (Å²) >= 11 is 5.94. The van der Waals surface area contributed by atoms with Crippen LogP contribution in [0, 0.1) is 0 Å². The van der Waals surface area contributed by atoms with Crippen molar-refractivity contribution in [3.8, 4) is 16.9 Å². The van der Waals surface area contributed by atoms with E-state index in [0.29, 0.717) is 10.6 Å². The van der Waals surface area contributed by atoms with E-state index in [9.17, 15) is 9.90 Å². The van der Waals surface area contributed by atoms with Crippen molar-refractivity contribution in [2.24, 2.45) is 0 Å². The second kappa shape index (κ2) is 4.60. The van der Waals surface area contributed by atoms with Crippen molar-refractivity contribution in [2.45, 2.75) is 6.92 Å². The van der Waals surface area contributed by atoms with Gasteiger partial charge >= 0.3 is 0 Å². The summed E-state index contributed by atoms with van der Waals surface area (Å²) in [4.78, 5) is 11.4. The highest BCUT2D eigenvalue weighted by Crippen LogP contribution is 2.26. The lowest BCUT2D eigenvalue weighted by Crippen LogP contribution is -1.93. The molecule has 1 N–H and O–H groups in total. The Bertz CT molecular complexity index is 559. The molecule has 0 atom stereocenters. The summed E-state index contributed by atoms with van der Waals surface area (Å²) in [5.41, 5.74) is 2.35. The van der Waals surface area contributed by atoms with Crippen LogP contribution in [0.5, 0.6) is 5.75 Å². The van der Waals surface area contributed by atoms with Crippen molar-refractivity contribution in [3.05, 3.63) is 53.1 Å².